The van der Waals surface area contributed by atoms with E-state index in [0.717, 1.165) is 55.0 Å². The molecule has 0 fully saturated rings. The zero-order chi connectivity index (χ0) is 61.8. The zero-order valence-electron chi connectivity index (χ0n) is 51.1. The predicted octanol–water partition coefficient (Wildman–Crippen LogP) is 26.4. The summed E-state index contributed by atoms with van der Waals surface area (Å²) in [6, 6.07) is 123. The van der Waals surface area contributed by atoms with Gasteiger partial charge in [0.25, 0.3) is 0 Å². The third-order valence-corrected chi connectivity index (χ3v) is 19.7. The Hall–Kier alpha value is -12.4. The van der Waals surface area contributed by atoms with E-state index in [0.29, 0.717) is 0 Å². The van der Waals surface area contributed by atoms with E-state index in [1.807, 2.05) is 0 Å². The van der Waals surface area contributed by atoms with Gasteiger partial charge in [0.2, 0.25) is 0 Å². The van der Waals surface area contributed by atoms with E-state index in [2.05, 4.69) is 340 Å². The number of rotatable bonds is 6. The Morgan fingerprint density at radius 3 is 0.904 bits per heavy atom. The normalized spacial score (nSPS) is 11.8. The Balaban J connectivity index is 0.000000133. The number of para-hydroxylation sites is 2. The van der Waals surface area contributed by atoms with Gasteiger partial charge in [-0.2, -0.15) is 0 Å². The highest BCUT2D eigenvalue weighted by molar-refractivity contribution is 6.30. The number of hydrogen-bond acceptors (Lipinski definition) is 2. The summed E-state index contributed by atoms with van der Waals surface area (Å²) >= 11 is 0. The van der Waals surface area contributed by atoms with Gasteiger partial charge in [0.15, 0.2) is 0 Å². The van der Waals surface area contributed by atoms with E-state index in [-0.39, 0.29) is 0 Å². The van der Waals surface area contributed by atoms with Crippen LogP contribution >= 0.6 is 0 Å². The number of hydrogen-bond donors (Lipinski definition) is 0. The second-order valence-electron chi connectivity index (χ2n) is 24.7. The fourth-order valence-electron chi connectivity index (χ4n) is 15.7. The number of fused-ring (bicyclic) bond motifs is 14. The lowest BCUT2D eigenvalue weighted by Crippen LogP contribution is -1.93. The first kappa shape index (κ1) is 53.5. The van der Waals surface area contributed by atoms with Gasteiger partial charge >= 0.3 is 0 Å². The first-order chi connectivity index (χ1) is 46.7. The maximum Gasteiger partial charge on any atom is 0.143 e. The highest BCUT2D eigenvalue weighted by Crippen LogP contribution is 2.52. The molecule has 0 amide bonds. The van der Waals surface area contributed by atoms with Gasteiger partial charge in [-0.05, 0) is 178 Å². The average molecular weight is 1190 g/mol. The average Bonchev–Trinajstić information content (AvgIpc) is 0.988. The van der Waals surface area contributed by atoms with Crippen LogP contribution in [0.5, 0.6) is 0 Å². The smallest absolute Gasteiger partial charge is 0.143 e. The quantitative estimate of drug-likeness (QED) is 0.155. The molecule has 0 N–H and O–H groups in total. The summed E-state index contributed by atoms with van der Waals surface area (Å²) < 4.78 is 13.5. The summed E-state index contributed by atoms with van der Waals surface area (Å²) in [7, 11) is 0. The first-order valence-corrected chi connectivity index (χ1v) is 32.4. The van der Waals surface area contributed by atoms with Crippen molar-refractivity contribution in [1.82, 2.24) is 0 Å². The molecule has 0 saturated heterocycles. The lowest BCUT2D eigenvalue weighted by molar-refractivity contribution is 0.669. The molecule has 2 heteroatoms. The molecule has 20 aromatic rings. The Labute approximate surface area is 542 Å². The minimum atomic E-state index is 0.900. The topological polar surface area (TPSA) is 26.3 Å². The molecule has 0 radical (unpaired) electrons. The molecular formula is C92H56O2. The number of furan rings is 2. The molecule has 94 heavy (non-hydrogen) atoms. The number of benzene rings is 18. The van der Waals surface area contributed by atoms with Crippen molar-refractivity contribution < 1.29 is 8.83 Å². The molecule has 0 aliphatic rings. The highest BCUT2D eigenvalue weighted by atomic mass is 16.3. The van der Waals surface area contributed by atoms with Gasteiger partial charge in [-0.25, -0.2) is 0 Å². The zero-order valence-corrected chi connectivity index (χ0v) is 51.1. The minimum absolute atomic E-state index is 0.900. The standard InChI is InChI=1S/2C46H28O/c1-3-17-32-29(13-1)15-11-24-34(32)31-27-41(46-40-23-9-10-26-42(40)47-43(46)28-31)45-38-21-7-5-19-36(38)44(37-20-6-8-22-39(37)45)35-25-12-16-30-14-2-4-18-33(30)35;1-3-17-31-29(13-1)15-11-24-33(31)39-27-28-41(45-40-23-9-10-26-42(40)47-46(39)45)44-37-21-7-5-19-35(37)43(36-20-6-8-22-38(36)44)34-25-12-16-30-14-2-4-18-32(30)34/h2*1-28H. The summed E-state index contributed by atoms with van der Waals surface area (Å²) in [4.78, 5) is 0. The Kier molecular flexibility index (Phi) is 12.3. The van der Waals surface area contributed by atoms with Crippen LogP contribution in [0, 0.1) is 0 Å². The van der Waals surface area contributed by atoms with Crippen LogP contribution in [-0.4, -0.2) is 0 Å². The minimum Gasteiger partial charge on any atom is -0.456 e. The van der Waals surface area contributed by atoms with Crippen LogP contribution in [0.1, 0.15) is 0 Å². The van der Waals surface area contributed by atoms with E-state index in [1.54, 1.807) is 0 Å². The fourth-order valence-corrected chi connectivity index (χ4v) is 15.7. The van der Waals surface area contributed by atoms with Gasteiger partial charge < -0.3 is 8.83 Å². The Bertz CT molecular complexity index is 6360. The van der Waals surface area contributed by atoms with E-state index in [9.17, 15) is 0 Å². The monoisotopic (exact) mass is 1190 g/mol. The SMILES string of the molecule is c1ccc2c(-c3c4ccccc4c(-c4ccc(-c5cccc6ccccc56)c5oc6ccccc6c45)c4ccccc34)cccc2c1.c1ccc2c(-c3cc(-c4c5ccccc5c(-c5cccc6ccccc56)c5ccccc45)c4c(c3)oc3ccccc34)cccc2c1. The molecule has 0 aliphatic carbocycles. The van der Waals surface area contributed by atoms with E-state index in [4.69, 9.17) is 8.83 Å². The summed E-state index contributed by atoms with van der Waals surface area (Å²) in [6.45, 7) is 0. The summed E-state index contributed by atoms with van der Waals surface area (Å²) in [5, 5.41) is 24.4. The Morgan fingerprint density at radius 1 is 0.160 bits per heavy atom. The van der Waals surface area contributed by atoms with Gasteiger partial charge in [0, 0.05) is 27.1 Å². The van der Waals surface area contributed by atoms with Crippen LogP contribution in [0.2, 0.25) is 0 Å². The van der Waals surface area contributed by atoms with Crippen molar-refractivity contribution >= 4 is 130 Å². The molecule has 2 aromatic heterocycles. The van der Waals surface area contributed by atoms with Gasteiger partial charge in [0.1, 0.15) is 22.3 Å². The van der Waals surface area contributed by atoms with Crippen LogP contribution in [0.25, 0.3) is 197 Å². The Morgan fingerprint density at radius 2 is 0.457 bits per heavy atom. The largest absolute Gasteiger partial charge is 0.456 e. The van der Waals surface area contributed by atoms with Gasteiger partial charge in [-0.3, -0.25) is 0 Å². The van der Waals surface area contributed by atoms with Gasteiger partial charge in [-0.1, -0.05) is 309 Å². The molecule has 2 heterocycles. The first-order valence-electron chi connectivity index (χ1n) is 32.4. The molecule has 0 unspecified atom stereocenters. The fraction of sp³-hybridized carbons (Fsp3) is 0. The van der Waals surface area contributed by atoms with Gasteiger partial charge in [0.05, 0.1) is 0 Å². The van der Waals surface area contributed by atoms with Crippen molar-refractivity contribution in [2.24, 2.45) is 0 Å². The maximum absolute atomic E-state index is 6.81. The molecule has 0 aliphatic heterocycles. The second kappa shape index (κ2) is 21.7. The van der Waals surface area contributed by atoms with E-state index < -0.39 is 0 Å². The molecule has 0 saturated carbocycles. The second-order valence-corrected chi connectivity index (χ2v) is 24.7. The molecule has 436 valence electrons. The van der Waals surface area contributed by atoms with Crippen LogP contribution in [0.4, 0.5) is 0 Å². The third-order valence-electron chi connectivity index (χ3n) is 19.7. The molecule has 0 bridgehead atoms. The van der Waals surface area contributed by atoms with Crippen molar-refractivity contribution in [1.29, 1.82) is 0 Å². The van der Waals surface area contributed by atoms with Crippen molar-refractivity contribution in [3.63, 3.8) is 0 Å². The molecule has 2 nitrogen and oxygen atoms in total. The van der Waals surface area contributed by atoms with Crippen LogP contribution < -0.4 is 0 Å². The molecular weight excluding hydrogens is 1140 g/mol. The van der Waals surface area contributed by atoms with Crippen molar-refractivity contribution in [2.75, 3.05) is 0 Å². The van der Waals surface area contributed by atoms with E-state index in [1.165, 1.54) is 142 Å². The molecule has 0 atom stereocenters. The van der Waals surface area contributed by atoms with Crippen LogP contribution in [0.15, 0.2) is 349 Å². The lowest BCUT2D eigenvalue weighted by atomic mass is 9.83. The van der Waals surface area contributed by atoms with E-state index >= 15 is 0 Å². The van der Waals surface area contributed by atoms with Crippen molar-refractivity contribution in [3.8, 4) is 66.8 Å². The predicted molar refractivity (Wildman–Crippen MR) is 400 cm³/mol. The third kappa shape index (κ3) is 8.37. The van der Waals surface area contributed by atoms with Crippen molar-refractivity contribution in [3.05, 3.63) is 340 Å². The van der Waals surface area contributed by atoms with Crippen LogP contribution in [-0.2, 0) is 0 Å². The molecule has 0 spiro atoms. The molecule has 20 rings (SSSR count). The molecule has 18 aromatic carbocycles. The van der Waals surface area contributed by atoms with Gasteiger partial charge in [-0.15, -0.1) is 0 Å². The maximum atomic E-state index is 6.81. The summed E-state index contributed by atoms with van der Waals surface area (Å²) in [5.41, 5.74) is 18.2. The highest BCUT2D eigenvalue weighted by Gasteiger charge is 2.26. The van der Waals surface area contributed by atoms with Crippen LogP contribution in [0.3, 0.4) is 0 Å². The summed E-state index contributed by atoms with van der Waals surface area (Å²) in [6.07, 6.45) is 0. The van der Waals surface area contributed by atoms with Crippen molar-refractivity contribution in [2.45, 2.75) is 0 Å². The lowest BCUT2D eigenvalue weighted by Gasteiger charge is -2.20. The summed E-state index contributed by atoms with van der Waals surface area (Å²) in [5.74, 6) is 0.